The van der Waals surface area contributed by atoms with Gasteiger partial charge < -0.3 is 20.1 Å². The maximum absolute atomic E-state index is 12.5. The molecule has 2 saturated carbocycles. The number of hydrogen-bond donors (Lipinski definition) is 2. The standard InChI is InChI=1S/C21H35N3O4/c1-27-9-8-22-19(25)11-18-21-14(10-20(26)23-15-6-7-15)12-24(17(21)13-28-18)16-4-2-3-5-16/h14-18,21H,2-13H2,1H3,(H,22,25)(H,23,26)/t14-,17-,18+,21-/m1/s1. The van der Waals surface area contributed by atoms with E-state index >= 15 is 0 Å². The molecule has 0 radical (unpaired) electrons. The van der Waals surface area contributed by atoms with Gasteiger partial charge in [-0.2, -0.15) is 0 Å². The van der Waals surface area contributed by atoms with Gasteiger partial charge in [0.1, 0.15) is 0 Å². The lowest BCUT2D eigenvalue weighted by atomic mass is 9.84. The van der Waals surface area contributed by atoms with Crippen molar-refractivity contribution >= 4 is 11.8 Å². The molecule has 2 aliphatic carbocycles. The zero-order chi connectivity index (χ0) is 19.5. The number of amides is 2. The first-order valence-electron chi connectivity index (χ1n) is 11.1. The molecule has 2 aliphatic heterocycles. The zero-order valence-electron chi connectivity index (χ0n) is 17.0. The first-order valence-corrected chi connectivity index (χ1v) is 11.1. The van der Waals surface area contributed by atoms with Crippen LogP contribution in [0, 0.1) is 11.8 Å². The van der Waals surface area contributed by atoms with Crippen LogP contribution >= 0.6 is 0 Å². The van der Waals surface area contributed by atoms with E-state index in [1.54, 1.807) is 7.11 Å². The second-order valence-corrected chi connectivity index (χ2v) is 9.00. The molecular weight excluding hydrogens is 358 g/mol. The first kappa shape index (κ1) is 20.1. The third kappa shape index (κ3) is 4.69. The molecule has 7 heteroatoms. The summed E-state index contributed by atoms with van der Waals surface area (Å²) in [4.78, 5) is 27.5. The number of methoxy groups -OCH3 is 1. The van der Waals surface area contributed by atoms with Crippen LogP contribution in [0.3, 0.4) is 0 Å². The summed E-state index contributed by atoms with van der Waals surface area (Å²) < 4.78 is 11.1. The van der Waals surface area contributed by atoms with Gasteiger partial charge in [0.2, 0.25) is 11.8 Å². The Kier molecular flexibility index (Phi) is 6.53. The molecule has 4 rings (SSSR count). The minimum atomic E-state index is -0.0855. The zero-order valence-corrected chi connectivity index (χ0v) is 17.0. The highest BCUT2D eigenvalue weighted by Crippen LogP contribution is 2.44. The Morgan fingerprint density at radius 1 is 1.11 bits per heavy atom. The van der Waals surface area contributed by atoms with Crippen LogP contribution in [0.15, 0.2) is 0 Å². The highest BCUT2D eigenvalue weighted by molar-refractivity contribution is 5.77. The van der Waals surface area contributed by atoms with E-state index in [2.05, 4.69) is 15.5 Å². The van der Waals surface area contributed by atoms with Gasteiger partial charge in [-0.15, -0.1) is 0 Å². The van der Waals surface area contributed by atoms with Gasteiger partial charge in [-0.3, -0.25) is 14.5 Å². The summed E-state index contributed by atoms with van der Waals surface area (Å²) in [5, 5.41) is 6.05. The molecule has 0 spiro atoms. The number of ether oxygens (including phenoxy) is 2. The molecule has 4 fully saturated rings. The molecule has 158 valence electrons. The average molecular weight is 394 g/mol. The summed E-state index contributed by atoms with van der Waals surface area (Å²) in [6, 6.07) is 1.39. The molecule has 4 atom stereocenters. The lowest BCUT2D eigenvalue weighted by molar-refractivity contribution is -0.124. The predicted octanol–water partition coefficient (Wildman–Crippen LogP) is 1.07. The minimum Gasteiger partial charge on any atom is -0.383 e. The fourth-order valence-electron chi connectivity index (χ4n) is 5.51. The van der Waals surface area contributed by atoms with Crippen molar-refractivity contribution in [3.8, 4) is 0 Å². The molecule has 28 heavy (non-hydrogen) atoms. The Morgan fingerprint density at radius 2 is 1.89 bits per heavy atom. The van der Waals surface area contributed by atoms with Crippen LogP contribution in [0.5, 0.6) is 0 Å². The summed E-state index contributed by atoms with van der Waals surface area (Å²) in [6.45, 7) is 2.71. The molecule has 0 aromatic carbocycles. The van der Waals surface area contributed by atoms with E-state index in [-0.39, 0.29) is 29.8 Å². The van der Waals surface area contributed by atoms with Crippen LogP contribution < -0.4 is 10.6 Å². The topological polar surface area (TPSA) is 79.9 Å². The fraction of sp³-hybridized carbons (Fsp3) is 0.905. The van der Waals surface area contributed by atoms with E-state index in [1.165, 1.54) is 25.7 Å². The van der Waals surface area contributed by atoms with E-state index in [4.69, 9.17) is 9.47 Å². The predicted molar refractivity (Wildman–Crippen MR) is 105 cm³/mol. The van der Waals surface area contributed by atoms with Gasteiger partial charge in [-0.1, -0.05) is 12.8 Å². The van der Waals surface area contributed by atoms with Crippen molar-refractivity contribution in [3.63, 3.8) is 0 Å². The van der Waals surface area contributed by atoms with E-state index in [1.807, 2.05) is 0 Å². The molecule has 7 nitrogen and oxygen atoms in total. The van der Waals surface area contributed by atoms with Crippen LogP contribution in [-0.2, 0) is 19.1 Å². The van der Waals surface area contributed by atoms with Crippen molar-refractivity contribution in [2.45, 2.75) is 75.6 Å². The van der Waals surface area contributed by atoms with E-state index in [0.717, 1.165) is 19.4 Å². The molecule has 0 unspecified atom stereocenters. The molecule has 4 aliphatic rings. The molecule has 0 aromatic rings. The quantitative estimate of drug-likeness (QED) is 0.573. The smallest absolute Gasteiger partial charge is 0.222 e. The number of rotatable bonds is 9. The van der Waals surface area contributed by atoms with Crippen molar-refractivity contribution in [1.82, 2.24) is 15.5 Å². The first-order chi connectivity index (χ1) is 13.7. The molecule has 2 amide bonds. The summed E-state index contributed by atoms with van der Waals surface area (Å²) in [5.74, 6) is 0.750. The number of hydrogen-bond acceptors (Lipinski definition) is 5. The average Bonchev–Trinajstić information content (AvgIpc) is 3.08. The Labute approximate surface area is 167 Å². The number of nitrogens with zero attached hydrogens (tertiary/aromatic N) is 1. The van der Waals surface area contributed by atoms with Crippen LogP contribution in [0.4, 0.5) is 0 Å². The molecule has 2 saturated heterocycles. The van der Waals surface area contributed by atoms with Crippen molar-refractivity contribution in [2.24, 2.45) is 11.8 Å². The lowest BCUT2D eigenvalue weighted by Crippen LogP contribution is -2.40. The second kappa shape index (κ2) is 9.09. The van der Waals surface area contributed by atoms with E-state index in [0.29, 0.717) is 50.7 Å². The van der Waals surface area contributed by atoms with E-state index in [9.17, 15) is 9.59 Å². The van der Waals surface area contributed by atoms with Gasteiger partial charge in [0.05, 0.1) is 25.7 Å². The molecule has 0 bridgehead atoms. The van der Waals surface area contributed by atoms with Gasteiger partial charge in [0.25, 0.3) is 0 Å². The Morgan fingerprint density at radius 3 is 2.61 bits per heavy atom. The Bertz CT molecular complexity index is 562. The van der Waals surface area contributed by atoms with Gasteiger partial charge in [-0.25, -0.2) is 0 Å². The number of fused-ring (bicyclic) bond motifs is 1. The number of carbonyl (C=O) groups excluding carboxylic acids is 2. The molecular formula is C21H35N3O4. The van der Waals surface area contributed by atoms with Gasteiger partial charge in [-0.05, 0) is 31.6 Å². The maximum Gasteiger partial charge on any atom is 0.222 e. The number of carbonyl (C=O) groups is 2. The number of nitrogens with one attached hydrogen (secondary N) is 2. The van der Waals surface area contributed by atoms with Crippen molar-refractivity contribution in [3.05, 3.63) is 0 Å². The van der Waals surface area contributed by atoms with Crippen LogP contribution in [0.2, 0.25) is 0 Å². The van der Waals surface area contributed by atoms with Crippen molar-refractivity contribution < 1.29 is 19.1 Å². The Hall–Kier alpha value is -1.18. The number of likely N-dealkylation sites (tertiary alicyclic amines) is 1. The lowest BCUT2D eigenvalue weighted by Gasteiger charge is -2.29. The largest absolute Gasteiger partial charge is 0.383 e. The summed E-state index contributed by atoms with van der Waals surface area (Å²) in [7, 11) is 1.63. The summed E-state index contributed by atoms with van der Waals surface area (Å²) >= 11 is 0. The van der Waals surface area contributed by atoms with Crippen molar-refractivity contribution in [1.29, 1.82) is 0 Å². The molecule has 0 aromatic heterocycles. The van der Waals surface area contributed by atoms with Crippen LogP contribution in [-0.4, -0.2) is 74.4 Å². The SMILES string of the molecule is COCCNC(=O)C[C@@H]1OC[C@@H]2[C@H]1[C@H](CC(=O)NC1CC1)CN2C1CCCC1. The monoisotopic (exact) mass is 393 g/mol. The highest BCUT2D eigenvalue weighted by Gasteiger charge is 2.52. The van der Waals surface area contributed by atoms with Gasteiger partial charge >= 0.3 is 0 Å². The van der Waals surface area contributed by atoms with Gasteiger partial charge in [0.15, 0.2) is 0 Å². The minimum absolute atomic E-state index is 0.0169. The Balaban J connectivity index is 1.39. The molecule has 2 N–H and O–H groups in total. The highest BCUT2D eigenvalue weighted by atomic mass is 16.5. The normalized spacial score (nSPS) is 33.2. The maximum atomic E-state index is 12.5. The fourth-order valence-corrected chi connectivity index (χ4v) is 5.51. The molecule has 2 heterocycles. The van der Waals surface area contributed by atoms with Crippen LogP contribution in [0.1, 0.15) is 51.4 Å². The van der Waals surface area contributed by atoms with E-state index < -0.39 is 0 Å². The summed E-state index contributed by atoms with van der Waals surface area (Å²) in [5.41, 5.74) is 0. The third-order valence-corrected chi connectivity index (χ3v) is 6.97. The van der Waals surface area contributed by atoms with Gasteiger partial charge in [0, 0.05) is 50.7 Å². The third-order valence-electron chi connectivity index (χ3n) is 6.97. The van der Waals surface area contributed by atoms with Crippen molar-refractivity contribution in [2.75, 3.05) is 33.4 Å². The second-order valence-electron chi connectivity index (χ2n) is 9.00. The summed E-state index contributed by atoms with van der Waals surface area (Å²) in [6.07, 6.45) is 8.20. The van der Waals surface area contributed by atoms with Crippen LogP contribution in [0.25, 0.3) is 0 Å².